The van der Waals surface area contributed by atoms with Crippen molar-refractivity contribution in [2.24, 2.45) is 0 Å². The number of nitrogens with one attached hydrogen (secondary N) is 2. The SMILES string of the molecule is Cc1ccc(NC(=O)C[C@H]2C(=O)NCCN2C(=O)CN2CCN(c3ncccn3)CC2)cc1. The van der Waals surface area contributed by atoms with Gasteiger partial charge in [0, 0.05) is 57.3 Å². The Hall–Kier alpha value is -3.53. The topological polar surface area (TPSA) is 111 Å². The molecule has 0 bridgehead atoms. The fourth-order valence-electron chi connectivity index (χ4n) is 4.08. The smallest absolute Gasteiger partial charge is 0.243 e. The molecule has 0 aliphatic carbocycles. The van der Waals surface area contributed by atoms with Gasteiger partial charge in [-0.2, -0.15) is 0 Å². The van der Waals surface area contributed by atoms with E-state index < -0.39 is 6.04 Å². The summed E-state index contributed by atoms with van der Waals surface area (Å²) in [5, 5.41) is 5.59. The van der Waals surface area contributed by atoms with E-state index in [1.165, 1.54) is 0 Å². The zero-order chi connectivity index (χ0) is 23.2. The summed E-state index contributed by atoms with van der Waals surface area (Å²) in [4.78, 5) is 52.4. The molecule has 10 nitrogen and oxygen atoms in total. The summed E-state index contributed by atoms with van der Waals surface area (Å²) < 4.78 is 0. The van der Waals surface area contributed by atoms with E-state index in [-0.39, 0.29) is 30.7 Å². The third-order valence-electron chi connectivity index (χ3n) is 5.93. The highest BCUT2D eigenvalue weighted by molar-refractivity contribution is 5.97. The number of hydrogen-bond acceptors (Lipinski definition) is 7. The molecule has 0 unspecified atom stereocenters. The van der Waals surface area contributed by atoms with Crippen LogP contribution in [0.2, 0.25) is 0 Å². The van der Waals surface area contributed by atoms with Crippen LogP contribution in [-0.2, 0) is 14.4 Å². The summed E-state index contributed by atoms with van der Waals surface area (Å²) >= 11 is 0. The molecule has 1 aromatic heterocycles. The van der Waals surface area contributed by atoms with Gasteiger partial charge in [0.2, 0.25) is 23.7 Å². The summed E-state index contributed by atoms with van der Waals surface area (Å²) in [6.45, 7) is 5.81. The zero-order valence-electron chi connectivity index (χ0n) is 18.7. The minimum atomic E-state index is -0.810. The van der Waals surface area contributed by atoms with E-state index in [2.05, 4.69) is 30.4 Å². The quantitative estimate of drug-likeness (QED) is 0.648. The number of hydrogen-bond donors (Lipinski definition) is 2. The van der Waals surface area contributed by atoms with Crippen molar-refractivity contribution in [1.29, 1.82) is 0 Å². The van der Waals surface area contributed by atoms with Gasteiger partial charge in [0.15, 0.2) is 0 Å². The number of benzene rings is 1. The number of aryl methyl sites for hydroxylation is 1. The van der Waals surface area contributed by atoms with Crippen LogP contribution < -0.4 is 15.5 Å². The van der Waals surface area contributed by atoms with Crippen molar-refractivity contribution in [3.63, 3.8) is 0 Å². The summed E-state index contributed by atoms with van der Waals surface area (Å²) in [5.41, 5.74) is 1.76. The molecule has 2 aliphatic heterocycles. The van der Waals surface area contributed by atoms with Crippen LogP contribution in [-0.4, -0.2) is 89.3 Å². The monoisotopic (exact) mass is 451 g/mol. The van der Waals surface area contributed by atoms with Crippen molar-refractivity contribution >= 4 is 29.4 Å². The van der Waals surface area contributed by atoms with Gasteiger partial charge in [-0.1, -0.05) is 17.7 Å². The maximum Gasteiger partial charge on any atom is 0.243 e. The van der Waals surface area contributed by atoms with Crippen LogP contribution >= 0.6 is 0 Å². The van der Waals surface area contributed by atoms with Crippen LogP contribution in [0.5, 0.6) is 0 Å². The molecule has 33 heavy (non-hydrogen) atoms. The molecule has 0 saturated carbocycles. The van der Waals surface area contributed by atoms with Crippen LogP contribution in [0.3, 0.4) is 0 Å². The first-order valence-electron chi connectivity index (χ1n) is 11.2. The molecule has 1 aromatic carbocycles. The number of carbonyl (C=O) groups is 3. The van der Waals surface area contributed by atoms with E-state index >= 15 is 0 Å². The van der Waals surface area contributed by atoms with Gasteiger partial charge in [0.05, 0.1) is 13.0 Å². The summed E-state index contributed by atoms with van der Waals surface area (Å²) in [6.07, 6.45) is 3.36. The van der Waals surface area contributed by atoms with Gasteiger partial charge < -0.3 is 20.4 Å². The third-order valence-corrected chi connectivity index (χ3v) is 5.93. The molecular formula is C23H29N7O3. The van der Waals surface area contributed by atoms with Crippen LogP contribution in [0, 0.1) is 6.92 Å². The van der Waals surface area contributed by atoms with E-state index in [1.54, 1.807) is 23.4 Å². The molecule has 0 radical (unpaired) electrons. The number of anilines is 2. The molecule has 2 aromatic rings. The van der Waals surface area contributed by atoms with Gasteiger partial charge in [0.25, 0.3) is 0 Å². The lowest BCUT2D eigenvalue weighted by Crippen LogP contribution is -2.60. The minimum absolute atomic E-state index is 0.0788. The predicted octanol–water partition coefficient (Wildman–Crippen LogP) is 0.263. The van der Waals surface area contributed by atoms with Crippen molar-refractivity contribution in [3.8, 4) is 0 Å². The Kier molecular flexibility index (Phi) is 7.13. The van der Waals surface area contributed by atoms with E-state index in [9.17, 15) is 14.4 Å². The first kappa shape index (κ1) is 22.7. The lowest BCUT2D eigenvalue weighted by molar-refractivity contribution is -0.145. The van der Waals surface area contributed by atoms with Crippen molar-refractivity contribution in [2.45, 2.75) is 19.4 Å². The summed E-state index contributed by atoms with van der Waals surface area (Å²) in [6, 6.07) is 8.42. The zero-order valence-corrected chi connectivity index (χ0v) is 18.7. The van der Waals surface area contributed by atoms with Crippen molar-refractivity contribution in [1.82, 2.24) is 25.1 Å². The molecular weight excluding hydrogens is 422 g/mol. The highest BCUT2D eigenvalue weighted by Gasteiger charge is 2.35. The van der Waals surface area contributed by atoms with Crippen LogP contribution in [0.1, 0.15) is 12.0 Å². The average molecular weight is 452 g/mol. The molecule has 10 heteroatoms. The number of rotatable bonds is 6. The van der Waals surface area contributed by atoms with Gasteiger partial charge in [-0.05, 0) is 25.1 Å². The Labute approximate surface area is 193 Å². The number of nitrogens with zero attached hydrogens (tertiary/aromatic N) is 5. The normalized spacial score (nSPS) is 19.2. The van der Waals surface area contributed by atoms with E-state index in [1.807, 2.05) is 31.2 Å². The second-order valence-electron chi connectivity index (χ2n) is 8.32. The van der Waals surface area contributed by atoms with Crippen molar-refractivity contribution < 1.29 is 14.4 Å². The van der Waals surface area contributed by atoms with Crippen LogP contribution in [0.25, 0.3) is 0 Å². The number of amides is 3. The predicted molar refractivity (Wildman–Crippen MR) is 124 cm³/mol. The second-order valence-corrected chi connectivity index (χ2v) is 8.32. The molecule has 3 heterocycles. The fourth-order valence-corrected chi connectivity index (χ4v) is 4.08. The molecule has 4 rings (SSSR count). The maximum atomic E-state index is 13.1. The van der Waals surface area contributed by atoms with Gasteiger partial charge in [-0.15, -0.1) is 0 Å². The molecule has 2 N–H and O–H groups in total. The van der Waals surface area contributed by atoms with Crippen molar-refractivity contribution in [3.05, 3.63) is 48.3 Å². The molecule has 2 saturated heterocycles. The average Bonchev–Trinajstić information content (AvgIpc) is 2.83. The first-order valence-corrected chi connectivity index (χ1v) is 11.2. The largest absolute Gasteiger partial charge is 0.353 e. The Morgan fingerprint density at radius 3 is 2.45 bits per heavy atom. The van der Waals surface area contributed by atoms with Gasteiger partial charge in [-0.3, -0.25) is 19.3 Å². The molecule has 1 atom stereocenters. The van der Waals surface area contributed by atoms with Crippen molar-refractivity contribution in [2.75, 3.05) is 56.0 Å². The van der Waals surface area contributed by atoms with Gasteiger partial charge in [0.1, 0.15) is 6.04 Å². The van der Waals surface area contributed by atoms with E-state index in [4.69, 9.17) is 0 Å². The van der Waals surface area contributed by atoms with E-state index in [0.717, 1.165) is 18.7 Å². The third kappa shape index (κ3) is 5.83. The molecule has 2 aliphatic rings. The van der Waals surface area contributed by atoms with Crippen LogP contribution in [0.4, 0.5) is 11.6 Å². The molecule has 2 fully saturated rings. The Balaban J connectivity index is 1.32. The van der Waals surface area contributed by atoms with Gasteiger partial charge >= 0.3 is 0 Å². The van der Waals surface area contributed by atoms with Crippen LogP contribution in [0.15, 0.2) is 42.7 Å². The molecule has 3 amide bonds. The number of aromatic nitrogens is 2. The first-order chi connectivity index (χ1) is 16.0. The van der Waals surface area contributed by atoms with E-state index in [0.29, 0.717) is 37.8 Å². The fraction of sp³-hybridized carbons (Fsp3) is 0.435. The molecule has 174 valence electrons. The summed E-state index contributed by atoms with van der Waals surface area (Å²) in [7, 11) is 0. The number of carbonyl (C=O) groups excluding carboxylic acids is 3. The highest BCUT2D eigenvalue weighted by Crippen LogP contribution is 2.15. The standard InChI is InChI=1S/C23H29N7O3/c1-17-3-5-18(6-4-17)27-20(31)15-19-22(33)24-9-10-30(19)21(32)16-28-11-13-29(14-12-28)23-25-7-2-8-26-23/h2-8,19H,9-16H2,1H3,(H,24,33)(H,27,31)/t19-/m0/s1. The Morgan fingerprint density at radius 2 is 1.76 bits per heavy atom. The lowest BCUT2D eigenvalue weighted by Gasteiger charge is -2.38. The number of piperazine rings is 2. The Bertz CT molecular complexity index is 975. The van der Waals surface area contributed by atoms with Gasteiger partial charge in [-0.25, -0.2) is 9.97 Å². The second kappa shape index (κ2) is 10.4. The maximum absolute atomic E-state index is 13.1. The lowest BCUT2D eigenvalue weighted by atomic mass is 10.1. The Morgan fingerprint density at radius 1 is 1.06 bits per heavy atom. The summed E-state index contributed by atoms with van der Waals surface area (Å²) in [5.74, 6) is -0.0342. The molecule has 0 spiro atoms. The highest BCUT2D eigenvalue weighted by atomic mass is 16.2. The minimum Gasteiger partial charge on any atom is -0.353 e.